The Bertz CT molecular complexity index is 230. The van der Waals surface area contributed by atoms with Crippen molar-refractivity contribution in [2.75, 3.05) is 46.3 Å². The van der Waals surface area contributed by atoms with Crippen LogP contribution in [-0.4, -0.2) is 62.0 Å². The van der Waals surface area contributed by atoms with E-state index in [0.29, 0.717) is 12.3 Å². The molecule has 1 aliphatic rings. The van der Waals surface area contributed by atoms with Gasteiger partial charge in [0.25, 0.3) is 0 Å². The summed E-state index contributed by atoms with van der Waals surface area (Å²) < 4.78 is 0. The van der Waals surface area contributed by atoms with E-state index >= 15 is 0 Å². The lowest BCUT2D eigenvalue weighted by Gasteiger charge is -2.32. The summed E-state index contributed by atoms with van der Waals surface area (Å²) in [7, 11) is 2.16. The van der Waals surface area contributed by atoms with Crippen molar-refractivity contribution >= 4 is 5.91 Å². The van der Waals surface area contributed by atoms with Crippen LogP contribution in [0.1, 0.15) is 28.1 Å². The molecule has 0 spiro atoms. The average Bonchev–Trinajstić information content (AvgIpc) is 2.31. The van der Waals surface area contributed by atoms with E-state index < -0.39 is 0 Å². The fraction of sp³-hybridized carbons (Fsp3) is 0.923. The zero-order valence-electron chi connectivity index (χ0n) is 11.5. The molecule has 1 saturated heterocycles. The van der Waals surface area contributed by atoms with E-state index in [1.165, 1.54) is 0 Å². The van der Waals surface area contributed by atoms with Gasteiger partial charge >= 0.3 is 0 Å². The van der Waals surface area contributed by atoms with Gasteiger partial charge < -0.3 is 10.2 Å². The topological polar surface area (TPSA) is 35.6 Å². The second-order valence-corrected chi connectivity index (χ2v) is 5.21. The van der Waals surface area contributed by atoms with Crippen molar-refractivity contribution in [2.24, 2.45) is 5.92 Å². The molecule has 0 aromatic carbocycles. The van der Waals surface area contributed by atoms with Gasteiger partial charge in [0.1, 0.15) is 0 Å². The van der Waals surface area contributed by atoms with Gasteiger partial charge in [-0.3, -0.25) is 9.69 Å². The Morgan fingerprint density at radius 2 is 2.00 bits per heavy atom. The van der Waals surface area contributed by atoms with Crippen LogP contribution in [0.3, 0.4) is 0 Å². The van der Waals surface area contributed by atoms with Crippen LogP contribution in [0.4, 0.5) is 0 Å². The number of likely N-dealkylation sites (N-methyl/N-ethyl adjacent to an activating group) is 1. The van der Waals surface area contributed by atoms with Crippen LogP contribution in [0.5, 0.6) is 0 Å². The molecule has 1 rings (SSSR count). The number of rotatable bonds is 6. The average molecular weight is 243 g/mol. The third kappa shape index (κ3) is 6.03. The first-order chi connectivity index (χ1) is 8.11. The summed E-state index contributed by atoms with van der Waals surface area (Å²) in [6, 6.07) is 0. The molecule has 1 atom stereocenters. The standard InChI is InChI=1S/C13H27N3O.H2/c1-4-12(2)11-13(17)14-5-6-16-9-7-15(3)8-10-16;/h12H,4-11H2,1-3H3,(H,14,17);1H. The summed E-state index contributed by atoms with van der Waals surface area (Å²) in [6.45, 7) is 10.6. The Hall–Kier alpha value is -0.610. The summed E-state index contributed by atoms with van der Waals surface area (Å²) >= 11 is 0. The van der Waals surface area contributed by atoms with Crippen molar-refractivity contribution < 1.29 is 6.22 Å². The molecule has 17 heavy (non-hydrogen) atoms. The quantitative estimate of drug-likeness (QED) is 0.757. The van der Waals surface area contributed by atoms with Crippen LogP contribution >= 0.6 is 0 Å². The van der Waals surface area contributed by atoms with Crippen LogP contribution in [0.25, 0.3) is 0 Å². The second kappa shape index (κ2) is 7.67. The smallest absolute Gasteiger partial charge is 0.220 e. The van der Waals surface area contributed by atoms with E-state index in [1.54, 1.807) is 0 Å². The van der Waals surface area contributed by atoms with Crippen molar-refractivity contribution in [3.8, 4) is 0 Å². The van der Waals surface area contributed by atoms with Crippen LogP contribution in [0, 0.1) is 5.92 Å². The first-order valence-electron chi connectivity index (χ1n) is 6.79. The van der Waals surface area contributed by atoms with Gasteiger partial charge in [0.05, 0.1) is 0 Å². The molecule has 0 saturated carbocycles. The lowest BCUT2D eigenvalue weighted by Crippen LogP contribution is -2.46. The Morgan fingerprint density at radius 1 is 1.35 bits per heavy atom. The highest BCUT2D eigenvalue weighted by atomic mass is 16.1. The molecule has 0 aromatic heterocycles. The molecular formula is C13H29N3O. The van der Waals surface area contributed by atoms with Gasteiger partial charge in [0, 0.05) is 47.1 Å². The monoisotopic (exact) mass is 243 g/mol. The first-order valence-corrected chi connectivity index (χ1v) is 6.79. The van der Waals surface area contributed by atoms with Gasteiger partial charge in [-0.15, -0.1) is 0 Å². The third-order valence-corrected chi connectivity index (χ3v) is 3.58. The molecule has 1 fully saturated rings. The van der Waals surface area contributed by atoms with Gasteiger partial charge in [-0.05, 0) is 13.0 Å². The molecule has 1 amide bonds. The van der Waals surface area contributed by atoms with E-state index in [2.05, 4.69) is 36.0 Å². The normalized spacial score (nSPS) is 20.2. The number of carbonyl (C=O) groups is 1. The summed E-state index contributed by atoms with van der Waals surface area (Å²) in [6.07, 6.45) is 1.74. The van der Waals surface area contributed by atoms with Crippen molar-refractivity contribution in [3.63, 3.8) is 0 Å². The minimum absolute atomic E-state index is 0. The van der Waals surface area contributed by atoms with E-state index in [4.69, 9.17) is 0 Å². The van der Waals surface area contributed by atoms with E-state index in [0.717, 1.165) is 45.7 Å². The number of nitrogens with zero attached hydrogens (tertiary/aromatic N) is 2. The van der Waals surface area contributed by atoms with Crippen molar-refractivity contribution in [1.82, 2.24) is 15.1 Å². The highest BCUT2D eigenvalue weighted by molar-refractivity contribution is 5.76. The molecule has 0 radical (unpaired) electrons. The van der Waals surface area contributed by atoms with Crippen LogP contribution in [0.2, 0.25) is 0 Å². The fourth-order valence-corrected chi connectivity index (χ4v) is 1.96. The molecule has 1 heterocycles. The lowest BCUT2D eigenvalue weighted by molar-refractivity contribution is -0.122. The van der Waals surface area contributed by atoms with Gasteiger partial charge in [-0.25, -0.2) is 0 Å². The lowest BCUT2D eigenvalue weighted by atomic mass is 10.1. The highest BCUT2D eigenvalue weighted by Gasteiger charge is 2.13. The molecular weight excluding hydrogens is 214 g/mol. The second-order valence-electron chi connectivity index (χ2n) is 5.21. The van der Waals surface area contributed by atoms with Crippen molar-refractivity contribution in [3.05, 3.63) is 0 Å². The SMILES string of the molecule is CCC(C)CC(=O)NCCN1CCN(C)CC1.[HH]. The summed E-state index contributed by atoms with van der Waals surface area (Å²) in [5.74, 6) is 0.701. The maximum atomic E-state index is 11.6. The molecule has 1 unspecified atom stereocenters. The Kier molecular flexibility index (Phi) is 6.52. The summed E-state index contributed by atoms with van der Waals surface area (Å²) in [5, 5.41) is 3.01. The molecule has 102 valence electrons. The molecule has 0 bridgehead atoms. The van der Waals surface area contributed by atoms with Crippen molar-refractivity contribution in [2.45, 2.75) is 26.7 Å². The number of nitrogens with one attached hydrogen (secondary N) is 1. The summed E-state index contributed by atoms with van der Waals surface area (Å²) in [4.78, 5) is 16.3. The number of carbonyl (C=O) groups excluding carboxylic acids is 1. The number of hydrogen-bond acceptors (Lipinski definition) is 3. The predicted molar refractivity (Wildman–Crippen MR) is 73.1 cm³/mol. The summed E-state index contributed by atoms with van der Waals surface area (Å²) in [5.41, 5.74) is 0. The largest absolute Gasteiger partial charge is 0.355 e. The Balaban J connectivity index is 0.00000289. The van der Waals surface area contributed by atoms with Gasteiger partial charge in [0.15, 0.2) is 0 Å². The molecule has 4 heteroatoms. The predicted octanol–water partition coefficient (Wildman–Crippen LogP) is 1.03. The van der Waals surface area contributed by atoms with E-state index in [-0.39, 0.29) is 7.33 Å². The molecule has 0 aromatic rings. The zero-order chi connectivity index (χ0) is 12.7. The zero-order valence-corrected chi connectivity index (χ0v) is 11.5. The minimum atomic E-state index is 0. The Morgan fingerprint density at radius 3 is 2.59 bits per heavy atom. The van der Waals surface area contributed by atoms with Gasteiger partial charge in [-0.1, -0.05) is 20.3 Å². The first kappa shape index (κ1) is 14.5. The number of piperazine rings is 1. The number of hydrogen-bond donors (Lipinski definition) is 1. The van der Waals surface area contributed by atoms with Crippen LogP contribution in [-0.2, 0) is 4.79 Å². The Labute approximate surface area is 107 Å². The van der Waals surface area contributed by atoms with Crippen molar-refractivity contribution in [1.29, 1.82) is 0 Å². The highest BCUT2D eigenvalue weighted by Crippen LogP contribution is 2.05. The fourth-order valence-electron chi connectivity index (χ4n) is 1.96. The minimum Gasteiger partial charge on any atom is -0.355 e. The third-order valence-electron chi connectivity index (χ3n) is 3.58. The maximum Gasteiger partial charge on any atom is 0.220 e. The van der Waals surface area contributed by atoms with Crippen LogP contribution in [0.15, 0.2) is 0 Å². The number of amides is 1. The van der Waals surface area contributed by atoms with Gasteiger partial charge in [-0.2, -0.15) is 0 Å². The van der Waals surface area contributed by atoms with Gasteiger partial charge in [0.2, 0.25) is 5.91 Å². The van der Waals surface area contributed by atoms with Crippen LogP contribution < -0.4 is 5.32 Å². The molecule has 0 aliphatic carbocycles. The van der Waals surface area contributed by atoms with E-state index in [1.807, 2.05) is 0 Å². The molecule has 1 aliphatic heterocycles. The maximum absolute atomic E-state index is 11.6. The van der Waals surface area contributed by atoms with E-state index in [9.17, 15) is 4.79 Å². The molecule has 4 nitrogen and oxygen atoms in total. The molecule has 1 N–H and O–H groups in total.